The number of esters is 1. The van der Waals surface area contributed by atoms with E-state index in [-0.39, 0.29) is 23.7 Å². The van der Waals surface area contributed by atoms with Crippen LogP contribution >= 0.6 is 0 Å². The molecule has 5 atom stereocenters. The molecule has 0 aliphatic carbocycles. The molecule has 0 bridgehead atoms. The van der Waals surface area contributed by atoms with Crippen LogP contribution in [0.15, 0.2) is 36.1 Å². The van der Waals surface area contributed by atoms with Crippen molar-refractivity contribution in [2.24, 2.45) is 17.8 Å². The Balaban J connectivity index is 1.57. The first kappa shape index (κ1) is 20.9. The molecule has 0 radical (unpaired) electrons. The van der Waals surface area contributed by atoms with Gasteiger partial charge in [-0.3, -0.25) is 9.69 Å². The maximum atomic E-state index is 13.1. The lowest BCUT2D eigenvalue weighted by Crippen LogP contribution is -2.45. The normalized spacial score (nSPS) is 31.5. The lowest BCUT2D eigenvalue weighted by atomic mass is 9.76. The van der Waals surface area contributed by atoms with E-state index in [1.54, 1.807) is 13.4 Å². The summed E-state index contributed by atoms with van der Waals surface area (Å²) < 4.78 is 10.3. The first-order valence-corrected chi connectivity index (χ1v) is 10.9. The molecule has 1 aromatic rings. The minimum absolute atomic E-state index is 0.0649. The number of hydrogen-bond donors (Lipinski definition) is 0. The average molecular weight is 413 g/mol. The lowest BCUT2D eigenvalue weighted by molar-refractivity contribution is -0.137. The van der Waals surface area contributed by atoms with E-state index in [9.17, 15) is 9.59 Å². The van der Waals surface area contributed by atoms with Crippen LogP contribution in [0, 0.1) is 17.8 Å². The van der Waals surface area contributed by atoms with Crippen LogP contribution in [-0.4, -0.2) is 57.2 Å². The highest BCUT2D eigenvalue weighted by atomic mass is 16.5. The predicted molar refractivity (Wildman–Crippen MR) is 115 cm³/mol. The zero-order valence-corrected chi connectivity index (χ0v) is 18.3. The van der Waals surface area contributed by atoms with E-state index >= 15 is 0 Å². The molecule has 6 nitrogen and oxygen atoms in total. The van der Waals surface area contributed by atoms with Gasteiger partial charge in [0.2, 0.25) is 5.91 Å². The van der Waals surface area contributed by atoms with Gasteiger partial charge in [0, 0.05) is 31.9 Å². The summed E-state index contributed by atoms with van der Waals surface area (Å²) in [5.41, 5.74) is 2.84. The monoisotopic (exact) mass is 412 g/mol. The fraction of sp³-hybridized carbons (Fsp3) is 0.583. The van der Waals surface area contributed by atoms with Crippen LogP contribution in [0.3, 0.4) is 0 Å². The number of carbonyl (C=O) groups is 2. The zero-order chi connectivity index (χ0) is 21.4. The summed E-state index contributed by atoms with van der Waals surface area (Å²) in [7, 11) is 4.88. The number of piperidine rings is 1. The maximum Gasteiger partial charge on any atom is 0.337 e. The highest BCUT2D eigenvalue weighted by molar-refractivity contribution is 6.04. The Kier molecular flexibility index (Phi) is 5.87. The molecule has 3 aliphatic heterocycles. The molecular formula is C24H32N2O4. The first-order valence-electron chi connectivity index (χ1n) is 10.9. The molecule has 0 saturated carbocycles. The summed E-state index contributed by atoms with van der Waals surface area (Å²) in [6.45, 7) is 4.06. The fourth-order valence-corrected chi connectivity index (χ4v) is 5.95. The summed E-state index contributed by atoms with van der Waals surface area (Å²) in [6, 6.07) is 8.54. The molecule has 3 heterocycles. The Morgan fingerprint density at radius 2 is 1.97 bits per heavy atom. The van der Waals surface area contributed by atoms with Crippen molar-refractivity contribution in [2.45, 2.75) is 38.1 Å². The highest BCUT2D eigenvalue weighted by Crippen LogP contribution is 2.48. The molecule has 1 aromatic carbocycles. The van der Waals surface area contributed by atoms with Crippen molar-refractivity contribution in [1.82, 2.24) is 4.90 Å². The highest BCUT2D eigenvalue weighted by Gasteiger charge is 2.49. The number of likely N-dealkylation sites (N-methyl/N-ethyl adjacent to an activating group) is 1. The molecule has 0 N–H and O–H groups in total. The molecule has 0 spiro atoms. The minimum Gasteiger partial charge on any atom is -0.504 e. The van der Waals surface area contributed by atoms with E-state index in [0.29, 0.717) is 23.5 Å². The average Bonchev–Trinajstić information content (AvgIpc) is 3.28. The minimum atomic E-state index is -0.301. The van der Waals surface area contributed by atoms with Crippen molar-refractivity contribution in [3.63, 3.8) is 0 Å². The van der Waals surface area contributed by atoms with Crippen LogP contribution in [0.25, 0.3) is 0 Å². The number of anilines is 1. The number of hydrogen-bond acceptors (Lipinski definition) is 5. The number of methoxy groups -OCH3 is 2. The number of rotatable bonds is 5. The van der Waals surface area contributed by atoms with Crippen LogP contribution in [0.5, 0.6) is 0 Å². The van der Waals surface area contributed by atoms with Gasteiger partial charge < -0.3 is 14.4 Å². The largest absolute Gasteiger partial charge is 0.504 e. The van der Waals surface area contributed by atoms with Gasteiger partial charge in [0.25, 0.3) is 0 Å². The van der Waals surface area contributed by atoms with Crippen LogP contribution < -0.4 is 4.90 Å². The van der Waals surface area contributed by atoms with E-state index in [2.05, 4.69) is 17.9 Å². The summed E-state index contributed by atoms with van der Waals surface area (Å²) >= 11 is 0. The van der Waals surface area contributed by atoms with Crippen molar-refractivity contribution in [3.8, 4) is 0 Å². The van der Waals surface area contributed by atoms with Crippen molar-refractivity contribution in [1.29, 1.82) is 0 Å². The Morgan fingerprint density at radius 1 is 1.20 bits per heavy atom. The summed E-state index contributed by atoms with van der Waals surface area (Å²) in [5, 5.41) is 0. The van der Waals surface area contributed by atoms with Crippen LogP contribution in [0.4, 0.5) is 5.69 Å². The number of para-hydroxylation sites is 1. The van der Waals surface area contributed by atoms with Crippen LogP contribution in [0.1, 0.15) is 37.7 Å². The molecule has 3 aliphatic rings. The second kappa shape index (κ2) is 8.42. The Hall–Kier alpha value is -2.34. The Labute approximate surface area is 178 Å². The second-order valence-electron chi connectivity index (χ2n) is 8.85. The lowest BCUT2D eigenvalue weighted by Gasteiger charge is -2.41. The first-order chi connectivity index (χ1) is 14.5. The SMILES string of the molecule is CC[C@H]1CN2CC(C3C(=O)N(C)c4ccccc43)CC2C[C@@H]1/C(=C\OC)C(=O)OC. The molecule has 2 saturated heterocycles. The topological polar surface area (TPSA) is 59.1 Å². The molecule has 1 amide bonds. The molecule has 162 valence electrons. The Bertz CT molecular complexity index is 851. The van der Waals surface area contributed by atoms with Crippen LogP contribution in [0.2, 0.25) is 0 Å². The van der Waals surface area contributed by atoms with E-state index in [1.165, 1.54) is 7.11 Å². The standard InChI is InChI=1S/C24H32N2O4/c1-5-15-12-26-13-16(22-18-8-6-7-9-21(18)25(2)23(22)27)10-17(26)11-19(15)20(14-29-3)24(28)30-4/h6-9,14-17,19,22H,5,10-13H2,1-4H3/b20-14+/t15-,16?,17?,19-,22?/m0/s1. The number of nitrogens with zero attached hydrogens (tertiary/aromatic N) is 2. The Morgan fingerprint density at radius 3 is 2.67 bits per heavy atom. The summed E-state index contributed by atoms with van der Waals surface area (Å²) in [5.74, 6) is 0.637. The van der Waals surface area contributed by atoms with Gasteiger partial charge in [-0.2, -0.15) is 0 Å². The van der Waals surface area contributed by atoms with Gasteiger partial charge in [-0.1, -0.05) is 31.5 Å². The van der Waals surface area contributed by atoms with Gasteiger partial charge in [-0.15, -0.1) is 0 Å². The molecule has 0 aromatic heterocycles. The van der Waals surface area contributed by atoms with Gasteiger partial charge in [0.15, 0.2) is 0 Å². The second-order valence-corrected chi connectivity index (χ2v) is 8.85. The smallest absolute Gasteiger partial charge is 0.337 e. The number of fused-ring (bicyclic) bond motifs is 2. The predicted octanol–water partition coefficient (Wildman–Crippen LogP) is 3.19. The number of amides is 1. The van der Waals surface area contributed by atoms with E-state index in [1.807, 2.05) is 30.1 Å². The molecule has 4 rings (SSSR count). The van der Waals surface area contributed by atoms with Crippen molar-refractivity contribution >= 4 is 17.6 Å². The maximum absolute atomic E-state index is 13.1. The van der Waals surface area contributed by atoms with E-state index < -0.39 is 0 Å². The summed E-state index contributed by atoms with van der Waals surface area (Å²) in [4.78, 5) is 29.9. The van der Waals surface area contributed by atoms with E-state index in [0.717, 1.165) is 43.6 Å². The third-order valence-corrected chi connectivity index (χ3v) is 7.42. The quantitative estimate of drug-likeness (QED) is 0.422. The van der Waals surface area contributed by atoms with Gasteiger partial charge in [0.05, 0.1) is 32.0 Å². The molecule has 6 heteroatoms. The van der Waals surface area contributed by atoms with Crippen molar-refractivity contribution in [2.75, 3.05) is 39.3 Å². The van der Waals surface area contributed by atoms with Gasteiger partial charge in [-0.25, -0.2) is 4.79 Å². The molecular weight excluding hydrogens is 380 g/mol. The molecule has 2 fully saturated rings. The van der Waals surface area contributed by atoms with E-state index in [4.69, 9.17) is 9.47 Å². The van der Waals surface area contributed by atoms with Gasteiger partial charge >= 0.3 is 5.97 Å². The summed E-state index contributed by atoms with van der Waals surface area (Å²) in [6.07, 6.45) is 4.43. The third-order valence-electron chi connectivity index (χ3n) is 7.42. The number of ether oxygens (including phenoxy) is 2. The molecule has 30 heavy (non-hydrogen) atoms. The third kappa shape index (κ3) is 3.41. The number of benzene rings is 1. The van der Waals surface area contributed by atoms with Crippen molar-refractivity contribution < 1.29 is 19.1 Å². The zero-order valence-electron chi connectivity index (χ0n) is 18.3. The fourth-order valence-electron chi connectivity index (χ4n) is 5.95. The number of carbonyl (C=O) groups excluding carboxylic acids is 2. The van der Waals surface area contributed by atoms with Crippen LogP contribution in [-0.2, 0) is 19.1 Å². The van der Waals surface area contributed by atoms with Gasteiger partial charge in [0.1, 0.15) is 0 Å². The van der Waals surface area contributed by atoms with Gasteiger partial charge in [-0.05, 0) is 42.2 Å². The molecule has 3 unspecified atom stereocenters. The van der Waals surface area contributed by atoms with Crippen molar-refractivity contribution in [3.05, 3.63) is 41.7 Å².